The fourth-order valence-electron chi connectivity index (χ4n) is 11.5. The molecule has 0 bridgehead atoms. The molecule has 6 aliphatic rings. The molecule has 9 heterocycles. The van der Waals surface area contributed by atoms with Crippen molar-refractivity contribution in [1.29, 1.82) is 0 Å². The number of hydrogen-bond acceptors (Lipinski definition) is 16. The second-order valence-electron chi connectivity index (χ2n) is 23.0. The van der Waals surface area contributed by atoms with E-state index < -0.39 is 11.6 Å². The zero-order chi connectivity index (χ0) is 68.6. The van der Waals surface area contributed by atoms with E-state index in [9.17, 15) is 42.3 Å². The number of ether oxygens (including phenoxy) is 5. The summed E-state index contributed by atoms with van der Waals surface area (Å²) in [6, 6.07) is 33.3. The Morgan fingerprint density at radius 2 is 0.969 bits per heavy atom. The second-order valence-corrected chi connectivity index (χ2v) is 25.7. The first-order valence-corrected chi connectivity index (χ1v) is 33.6. The third-order valence-electron chi connectivity index (χ3n) is 16.5. The second kappa shape index (κ2) is 32.9. The van der Waals surface area contributed by atoms with Crippen molar-refractivity contribution in [3.63, 3.8) is 0 Å². The van der Waals surface area contributed by atoms with E-state index >= 15 is 0 Å². The first-order valence-electron chi connectivity index (χ1n) is 31.2. The zero-order valence-electron chi connectivity index (χ0n) is 52.4. The van der Waals surface area contributed by atoms with Crippen LogP contribution in [0.3, 0.4) is 0 Å². The molecule has 6 aromatic carbocycles. The van der Waals surface area contributed by atoms with E-state index in [1.54, 1.807) is 80.4 Å². The Labute approximate surface area is 580 Å². The smallest absolute Gasteiger partial charge is 0.298 e. The van der Waals surface area contributed by atoms with Gasteiger partial charge in [-0.1, -0.05) is 77.7 Å². The summed E-state index contributed by atoms with van der Waals surface area (Å²) in [7, 11) is 0. The molecule has 3 N–H and O–H groups in total. The molecule has 500 valence electrons. The van der Waals surface area contributed by atoms with Gasteiger partial charge in [0.05, 0.1) is 64.8 Å². The van der Waals surface area contributed by atoms with Crippen LogP contribution in [0.1, 0.15) is 92.0 Å². The average Bonchev–Trinajstić information content (AvgIpc) is 1.78. The molecule has 6 aliphatic heterocycles. The molecule has 20 nitrogen and oxygen atoms in total. The van der Waals surface area contributed by atoms with Crippen molar-refractivity contribution in [3.05, 3.63) is 212 Å². The average molecular weight is 1510 g/mol. The van der Waals surface area contributed by atoms with Gasteiger partial charge in [-0.3, -0.25) is 47.3 Å². The van der Waals surface area contributed by atoms with Gasteiger partial charge >= 0.3 is 0 Å². The van der Waals surface area contributed by atoms with Gasteiger partial charge in [0.2, 0.25) is 5.91 Å². The molecule has 0 unspecified atom stereocenters. The maximum Gasteiger partial charge on any atom is 0.298 e. The number of benzene rings is 6. The topological polar surface area (TPSA) is 257 Å². The minimum atomic E-state index is -0.521. The number of hydrogen-bond donors (Lipinski definition) is 2. The number of anilines is 1. The van der Waals surface area contributed by atoms with E-state index in [2.05, 4.69) is 90.6 Å². The summed E-state index contributed by atoms with van der Waals surface area (Å²) >= 11 is 10.0. The molecule has 97 heavy (non-hydrogen) atoms. The molecular weight excluding hydrogens is 1450 g/mol. The van der Waals surface area contributed by atoms with E-state index in [4.69, 9.17) is 31.1 Å². The highest BCUT2D eigenvalue weighted by Gasteiger charge is 2.39. The van der Waals surface area contributed by atoms with Crippen LogP contribution < -0.4 is 32.5 Å². The van der Waals surface area contributed by atoms with Crippen molar-refractivity contribution in [3.8, 4) is 29.9 Å². The van der Waals surface area contributed by atoms with Gasteiger partial charge in [0.25, 0.3) is 23.2 Å². The molecule has 25 heteroatoms. The largest absolute Gasteiger partial charge is 0.427 e. The normalized spacial score (nSPS) is 16.4. The van der Waals surface area contributed by atoms with Gasteiger partial charge < -0.3 is 34.7 Å². The van der Waals surface area contributed by atoms with Crippen molar-refractivity contribution in [1.82, 2.24) is 34.0 Å². The van der Waals surface area contributed by atoms with Crippen LogP contribution in [0.4, 0.5) is 14.5 Å². The number of aryl methyl sites for hydroxylation is 3. The zero-order valence-corrected chi connectivity index (χ0v) is 57.2. The minimum absolute atomic E-state index is 0.0255. The molecule has 15 rings (SSSR count). The molecule has 3 fully saturated rings. The fraction of sp³-hybridized carbons (Fsp3) is 0.306. The van der Waals surface area contributed by atoms with E-state index in [1.807, 2.05) is 30.3 Å². The van der Waals surface area contributed by atoms with Crippen LogP contribution in [0.15, 0.2) is 149 Å². The van der Waals surface area contributed by atoms with Crippen molar-refractivity contribution in [2.45, 2.75) is 108 Å². The summed E-state index contributed by atoms with van der Waals surface area (Å²) < 4.78 is 60.3. The molecule has 0 radical (unpaired) electrons. The first kappa shape index (κ1) is 70.9. The molecule has 3 aromatic heterocycles. The van der Waals surface area contributed by atoms with Gasteiger partial charge in [-0.05, 0) is 109 Å². The molecular formula is C72H65Br3F2N8O12. The van der Waals surface area contributed by atoms with Gasteiger partial charge in [0, 0.05) is 133 Å². The molecule has 2 spiro atoms. The standard InChI is InChI=1S/C21H15FN2O2.C15H15BrN2O3.C13H11BrN2O2.C8H5F.C8H13NO3.C7H6BrNO2/c22-16-3-1-2-14(12-16)4-5-15-6-8-18-19(13-15)23-20-9-7-17(25)10-11-24(20)21(18)26;16-10-1-2-11-12(9-10)17-13-3-4-15(20-7-8-21-15)5-6-18(13)14(11)19;14-8-1-3-10-11(7-8)15-12-4-2-9(17)5-6-16(12)13(10)18;1-2-7-4-3-5-8(9)6-7;10-7-1-2-8(3-4-9-7)11-5-6-12-8;8-5-1-2-7(11-4-10)6(9)3-5/h1-3,6,8,12-13H,7,9-11H2;1-2,9H,3-8H2;1,3,7H,2,4-6H2;1,3-6H;1-6H2,(H,9,10);1-4H,9H2. The quantitative estimate of drug-likeness (QED) is 0.0926. The Bertz CT molecular complexity index is 4760. The number of rotatable bonds is 2. The number of terminal acetylenes is 1. The van der Waals surface area contributed by atoms with E-state index in [-0.39, 0.29) is 45.8 Å². The monoisotopic (exact) mass is 1510 g/mol. The lowest BCUT2D eigenvalue weighted by Gasteiger charge is -2.24. The Balaban J connectivity index is 0.000000131. The van der Waals surface area contributed by atoms with Gasteiger partial charge in [0.1, 0.15) is 40.7 Å². The number of nitrogens with one attached hydrogen (secondary N) is 1. The van der Waals surface area contributed by atoms with Crippen LogP contribution in [-0.4, -0.2) is 97.1 Å². The van der Waals surface area contributed by atoms with Crippen LogP contribution >= 0.6 is 47.8 Å². The highest BCUT2D eigenvalue weighted by Crippen LogP contribution is 2.33. The predicted molar refractivity (Wildman–Crippen MR) is 370 cm³/mol. The van der Waals surface area contributed by atoms with Crippen LogP contribution in [0.25, 0.3) is 32.7 Å². The Hall–Kier alpha value is -8.92. The first-order chi connectivity index (χ1) is 46.8. The number of carbonyl (C=O) groups excluding carboxylic acids is 4. The lowest BCUT2D eigenvalue weighted by Crippen LogP contribution is -2.31. The van der Waals surface area contributed by atoms with Crippen LogP contribution in [0.2, 0.25) is 0 Å². The number of nitrogens with two attached hydrogens (primary N) is 1. The van der Waals surface area contributed by atoms with E-state index in [1.165, 1.54) is 24.3 Å². The van der Waals surface area contributed by atoms with Gasteiger partial charge in [-0.2, -0.15) is 0 Å². The van der Waals surface area contributed by atoms with Gasteiger partial charge in [0.15, 0.2) is 17.3 Å². The number of ketones is 2. The summed E-state index contributed by atoms with van der Waals surface area (Å²) in [6.45, 7) is 5.03. The number of aromatic nitrogens is 6. The van der Waals surface area contributed by atoms with E-state index in [0.717, 1.165) is 43.4 Å². The molecule has 9 aromatic rings. The summed E-state index contributed by atoms with van der Waals surface area (Å²) in [4.78, 5) is 95.5. The summed E-state index contributed by atoms with van der Waals surface area (Å²) in [5.41, 5.74) is 9.65. The van der Waals surface area contributed by atoms with Gasteiger partial charge in [-0.25, -0.2) is 23.7 Å². The lowest BCUT2D eigenvalue weighted by atomic mass is 10.1. The maximum atomic E-state index is 13.2. The summed E-state index contributed by atoms with van der Waals surface area (Å²) in [5.74, 6) is 9.65. The molecule has 0 aliphatic carbocycles. The summed E-state index contributed by atoms with van der Waals surface area (Å²) in [5, 5.41) is 4.58. The fourth-order valence-corrected chi connectivity index (χ4v) is 12.5. The Morgan fingerprint density at radius 1 is 0.515 bits per heavy atom. The number of halogens is 5. The lowest BCUT2D eigenvalue weighted by molar-refractivity contribution is -0.165. The number of nitrogen functional groups attached to an aromatic ring is 1. The van der Waals surface area contributed by atoms with Gasteiger partial charge in [-0.15, -0.1) is 6.42 Å². The van der Waals surface area contributed by atoms with E-state index in [0.29, 0.717) is 184 Å². The molecule has 0 atom stereocenters. The minimum Gasteiger partial charge on any atom is -0.427 e. The Kier molecular flexibility index (Phi) is 24.0. The van der Waals surface area contributed by atoms with Crippen LogP contribution in [-0.2, 0) is 77.0 Å². The number of Topliss-reactive ketones (excluding diaryl/α,β-unsaturated/α-hetero) is 2. The molecule has 0 saturated carbocycles. The molecule has 3 saturated heterocycles. The third kappa shape index (κ3) is 18.6. The highest BCUT2D eigenvalue weighted by atomic mass is 79.9. The number of fused-ring (bicyclic) bond motifs is 6. The SMILES string of the molecule is C#Cc1cccc(F)c1.Nc1cc(Br)ccc1OC=O.O=C1CCC2(CCN1)OCCO2.O=C1CCc2nc3cc(Br)ccc3c(=O)n2CC1.O=C1CCc2nc3cc(C#Cc4cccc(F)c4)ccc3c(=O)n2CC1.O=c1c2ccc(Br)cc2nc2n1CCC1(CC2)OCCO1. The number of carbonyl (C=O) groups is 4. The number of amides is 1. The van der Waals surface area contributed by atoms with Crippen molar-refractivity contribution >= 4 is 110 Å². The third-order valence-corrected chi connectivity index (χ3v) is 17.9. The molecule has 1 amide bonds. The predicted octanol–water partition coefficient (Wildman–Crippen LogP) is 10.5. The van der Waals surface area contributed by atoms with Crippen LogP contribution in [0, 0.1) is 35.8 Å². The highest BCUT2D eigenvalue weighted by molar-refractivity contribution is 9.11. The van der Waals surface area contributed by atoms with Crippen molar-refractivity contribution in [2.75, 3.05) is 38.7 Å². The maximum absolute atomic E-state index is 13.2. The van der Waals surface area contributed by atoms with Crippen molar-refractivity contribution < 1.29 is 51.6 Å². The number of nitrogens with zero attached hydrogens (tertiary/aromatic N) is 6. The van der Waals surface area contributed by atoms with Crippen LogP contribution in [0.5, 0.6) is 5.75 Å². The Morgan fingerprint density at radius 3 is 1.48 bits per heavy atom. The summed E-state index contributed by atoms with van der Waals surface area (Å²) in [6.07, 6.45) is 11.8. The van der Waals surface area contributed by atoms with Crippen molar-refractivity contribution in [2.24, 2.45) is 0 Å².